The summed E-state index contributed by atoms with van der Waals surface area (Å²) in [6, 6.07) is 14.5. The van der Waals surface area contributed by atoms with E-state index in [1.54, 1.807) is 18.2 Å². The summed E-state index contributed by atoms with van der Waals surface area (Å²) in [4.78, 5) is 25.9. The highest BCUT2D eigenvalue weighted by atomic mass is 35.5. The molecule has 3 N–H and O–H groups in total. The van der Waals surface area contributed by atoms with E-state index in [9.17, 15) is 9.59 Å². The number of carbonyl (C=O) groups is 2. The Labute approximate surface area is 173 Å². The summed E-state index contributed by atoms with van der Waals surface area (Å²) in [5.41, 5.74) is 4.72. The van der Waals surface area contributed by atoms with Gasteiger partial charge in [-0.1, -0.05) is 41.4 Å². The molecule has 2 aromatic rings. The standard InChI is InChI=1S/C20H20Cl2N4O2/c1-11-17-18(27)14(20(28)24-16-9-12(21)7-8-15(16)22)10-23-19(17)26(25-11)13-5-3-2-4-6-13/h2-9,11,14,17,19,23,25H,10H2,1H3,(H,24,28). The first-order chi connectivity index (χ1) is 13.5. The number of amides is 1. The highest BCUT2D eigenvalue weighted by Crippen LogP contribution is 2.32. The lowest BCUT2D eigenvalue weighted by atomic mass is 9.83. The third kappa shape index (κ3) is 3.49. The third-order valence-corrected chi connectivity index (χ3v) is 5.80. The summed E-state index contributed by atoms with van der Waals surface area (Å²) in [6.07, 6.45) is -0.205. The van der Waals surface area contributed by atoms with Crippen LogP contribution in [0, 0.1) is 11.8 Å². The summed E-state index contributed by atoms with van der Waals surface area (Å²) in [5, 5.41) is 8.89. The van der Waals surface area contributed by atoms with E-state index in [1.807, 2.05) is 42.3 Å². The van der Waals surface area contributed by atoms with Gasteiger partial charge in [0.05, 0.1) is 22.3 Å². The molecular formula is C20H20Cl2N4O2. The van der Waals surface area contributed by atoms with Crippen LogP contribution < -0.4 is 21.1 Å². The number of anilines is 2. The quantitative estimate of drug-likeness (QED) is 0.667. The van der Waals surface area contributed by atoms with Crippen LogP contribution in [0.15, 0.2) is 48.5 Å². The number of benzene rings is 2. The Bertz CT molecular complexity index is 908. The van der Waals surface area contributed by atoms with Crippen molar-refractivity contribution in [2.45, 2.75) is 19.1 Å². The maximum absolute atomic E-state index is 13.2. The van der Waals surface area contributed by atoms with E-state index in [0.29, 0.717) is 15.7 Å². The van der Waals surface area contributed by atoms with Crippen LogP contribution in [0.2, 0.25) is 10.0 Å². The first kappa shape index (κ1) is 19.2. The Hall–Kier alpha value is -2.12. The van der Waals surface area contributed by atoms with Crippen molar-refractivity contribution < 1.29 is 9.59 Å². The normalized spacial score (nSPS) is 26.8. The summed E-state index contributed by atoms with van der Waals surface area (Å²) in [5.74, 6) is -1.61. The fourth-order valence-electron chi connectivity index (χ4n) is 3.86. The number of fused-ring (bicyclic) bond motifs is 1. The molecule has 0 bridgehead atoms. The van der Waals surface area contributed by atoms with Crippen LogP contribution in [0.4, 0.5) is 11.4 Å². The summed E-state index contributed by atoms with van der Waals surface area (Å²) in [7, 11) is 0. The molecule has 0 saturated carbocycles. The van der Waals surface area contributed by atoms with Crippen LogP contribution in [-0.4, -0.2) is 30.4 Å². The Morgan fingerprint density at radius 1 is 1.18 bits per heavy atom. The zero-order valence-electron chi connectivity index (χ0n) is 15.2. The summed E-state index contributed by atoms with van der Waals surface area (Å²) in [6.45, 7) is 2.20. The highest BCUT2D eigenvalue weighted by Gasteiger charge is 2.50. The van der Waals surface area contributed by atoms with E-state index in [-0.39, 0.29) is 36.4 Å². The van der Waals surface area contributed by atoms with Crippen LogP contribution in [0.1, 0.15) is 6.92 Å². The fourth-order valence-corrected chi connectivity index (χ4v) is 4.20. The van der Waals surface area contributed by atoms with Crippen LogP contribution in [-0.2, 0) is 9.59 Å². The fraction of sp³-hybridized carbons (Fsp3) is 0.300. The number of hydrogen-bond acceptors (Lipinski definition) is 5. The number of halogens is 2. The van der Waals surface area contributed by atoms with Gasteiger partial charge in [0.2, 0.25) is 5.91 Å². The lowest BCUT2D eigenvalue weighted by Gasteiger charge is -2.35. The zero-order valence-corrected chi connectivity index (χ0v) is 16.7. The minimum Gasteiger partial charge on any atom is -0.324 e. The third-order valence-electron chi connectivity index (χ3n) is 5.24. The van der Waals surface area contributed by atoms with Gasteiger partial charge in [0.15, 0.2) is 5.78 Å². The molecule has 4 rings (SSSR count). The van der Waals surface area contributed by atoms with Gasteiger partial charge < -0.3 is 5.32 Å². The van der Waals surface area contributed by atoms with Gasteiger partial charge in [0.25, 0.3) is 0 Å². The van der Waals surface area contributed by atoms with Crippen molar-refractivity contribution in [3.8, 4) is 0 Å². The van der Waals surface area contributed by atoms with Gasteiger partial charge in [-0.2, -0.15) is 0 Å². The van der Waals surface area contributed by atoms with Crippen molar-refractivity contribution in [1.82, 2.24) is 10.7 Å². The molecule has 0 aliphatic carbocycles. The predicted octanol–water partition coefficient (Wildman–Crippen LogP) is 3.08. The summed E-state index contributed by atoms with van der Waals surface area (Å²) >= 11 is 12.1. The van der Waals surface area contributed by atoms with Crippen LogP contribution >= 0.6 is 23.2 Å². The molecule has 2 saturated heterocycles. The van der Waals surface area contributed by atoms with Crippen LogP contribution in [0.25, 0.3) is 0 Å². The predicted molar refractivity (Wildman–Crippen MR) is 110 cm³/mol. The average molecular weight is 419 g/mol. The van der Waals surface area contributed by atoms with Crippen molar-refractivity contribution in [3.05, 3.63) is 58.6 Å². The number of carbonyl (C=O) groups excluding carboxylic acids is 2. The van der Waals surface area contributed by atoms with Crippen LogP contribution in [0.5, 0.6) is 0 Å². The van der Waals surface area contributed by atoms with Crippen molar-refractivity contribution in [2.24, 2.45) is 11.8 Å². The number of rotatable bonds is 3. The molecule has 0 radical (unpaired) electrons. The number of hydrogen-bond donors (Lipinski definition) is 3. The van der Waals surface area contributed by atoms with Gasteiger partial charge in [-0.25, -0.2) is 5.43 Å². The largest absolute Gasteiger partial charge is 0.324 e. The smallest absolute Gasteiger partial charge is 0.236 e. The van der Waals surface area contributed by atoms with Gasteiger partial charge in [-0.15, -0.1) is 0 Å². The number of Topliss-reactive ketones (excluding diaryl/α,β-unsaturated/α-hetero) is 1. The Morgan fingerprint density at radius 2 is 1.93 bits per heavy atom. The minimum atomic E-state index is -0.795. The topological polar surface area (TPSA) is 73.5 Å². The lowest BCUT2D eigenvalue weighted by molar-refractivity contribution is -0.136. The van der Waals surface area contributed by atoms with Crippen molar-refractivity contribution >= 4 is 46.3 Å². The molecule has 4 atom stereocenters. The molecular weight excluding hydrogens is 399 g/mol. The number of hydrazine groups is 1. The molecule has 6 nitrogen and oxygen atoms in total. The van der Waals surface area contributed by atoms with Gasteiger partial charge in [0.1, 0.15) is 12.1 Å². The molecule has 1 amide bonds. The van der Waals surface area contributed by atoms with Gasteiger partial charge >= 0.3 is 0 Å². The maximum atomic E-state index is 13.2. The first-order valence-electron chi connectivity index (χ1n) is 9.09. The SMILES string of the molecule is CC1NN(c2ccccc2)C2NCC(C(=O)Nc3cc(Cl)ccc3Cl)C(=O)C12. The maximum Gasteiger partial charge on any atom is 0.236 e. The van der Waals surface area contributed by atoms with E-state index in [1.165, 1.54) is 0 Å². The van der Waals surface area contributed by atoms with E-state index in [0.717, 1.165) is 5.69 Å². The van der Waals surface area contributed by atoms with Crippen molar-refractivity contribution in [1.29, 1.82) is 0 Å². The second-order valence-corrected chi connectivity index (χ2v) is 7.91. The van der Waals surface area contributed by atoms with E-state index in [4.69, 9.17) is 23.2 Å². The number of para-hydroxylation sites is 1. The number of piperidine rings is 1. The molecule has 2 fully saturated rings. The molecule has 2 heterocycles. The number of ketones is 1. The molecule has 28 heavy (non-hydrogen) atoms. The van der Waals surface area contributed by atoms with Gasteiger partial charge in [0, 0.05) is 17.6 Å². The molecule has 146 valence electrons. The zero-order chi connectivity index (χ0) is 19.8. The second-order valence-electron chi connectivity index (χ2n) is 7.07. The monoisotopic (exact) mass is 418 g/mol. The molecule has 0 spiro atoms. The Kier molecular flexibility index (Phi) is 5.29. The van der Waals surface area contributed by atoms with E-state index < -0.39 is 5.92 Å². The number of nitrogens with zero attached hydrogens (tertiary/aromatic N) is 1. The highest BCUT2D eigenvalue weighted by molar-refractivity contribution is 6.35. The minimum absolute atomic E-state index is 0.0853. The van der Waals surface area contributed by atoms with Crippen molar-refractivity contribution in [2.75, 3.05) is 16.9 Å². The van der Waals surface area contributed by atoms with E-state index in [2.05, 4.69) is 16.1 Å². The summed E-state index contributed by atoms with van der Waals surface area (Å²) < 4.78 is 0. The lowest BCUT2D eigenvalue weighted by Crippen LogP contribution is -2.58. The second kappa shape index (κ2) is 7.72. The Morgan fingerprint density at radius 3 is 2.68 bits per heavy atom. The molecule has 8 heteroatoms. The number of nitrogens with one attached hydrogen (secondary N) is 3. The molecule has 4 unspecified atom stereocenters. The van der Waals surface area contributed by atoms with Gasteiger partial charge in [-0.3, -0.25) is 19.9 Å². The molecule has 2 aliphatic heterocycles. The first-order valence-corrected chi connectivity index (χ1v) is 9.85. The van der Waals surface area contributed by atoms with Crippen molar-refractivity contribution in [3.63, 3.8) is 0 Å². The molecule has 0 aromatic heterocycles. The van der Waals surface area contributed by atoms with Gasteiger partial charge in [-0.05, 0) is 37.3 Å². The van der Waals surface area contributed by atoms with E-state index >= 15 is 0 Å². The molecule has 2 aliphatic rings. The Balaban J connectivity index is 1.52. The molecule has 2 aromatic carbocycles. The average Bonchev–Trinajstić information content (AvgIpc) is 3.03. The van der Waals surface area contributed by atoms with Crippen LogP contribution in [0.3, 0.4) is 0 Å².